The summed E-state index contributed by atoms with van der Waals surface area (Å²) in [4.78, 5) is 23.9. The van der Waals surface area contributed by atoms with Gasteiger partial charge in [-0.25, -0.2) is 0 Å². The van der Waals surface area contributed by atoms with Crippen molar-refractivity contribution in [2.75, 3.05) is 18.7 Å². The van der Waals surface area contributed by atoms with Crippen LogP contribution in [0.1, 0.15) is 12.7 Å². The number of carbonyl (C=O) groups is 2. The summed E-state index contributed by atoms with van der Waals surface area (Å²) in [7, 11) is 0. The molecule has 8 heteroatoms. The third-order valence-corrected chi connectivity index (χ3v) is 3.60. The van der Waals surface area contributed by atoms with E-state index in [4.69, 9.17) is 13.9 Å². The number of nitrogens with one attached hydrogen (secondary N) is 2. The summed E-state index contributed by atoms with van der Waals surface area (Å²) in [5.74, 6) is -0.0230. The maximum atomic E-state index is 12.0. The van der Waals surface area contributed by atoms with Crippen molar-refractivity contribution in [3.05, 3.63) is 42.4 Å². The van der Waals surface area contributed by atoms with Crippen molar-refractivity contribution in [1.29, 1.82) is 0 Å². The molecule has 3 rings (SSSR count). The highest BCUT2D eigenvalue weighted by Gasteiger charge is 2.25. The number of anilines is 1. The summed E-state index contributed by atoms with van der Waals surface area (Å²) in [5, 5.41) is 15.2. The third-order valence-electron chi connectivity index (χ3n) is 3.60. The summed E-state index contributed by atoms with van der Waals surface area (Å²) in [6, 6.07) is 8.25. The molecule has 25 heavy (non-hydrogen) atoms. The number of rotatable bonds is 5. The van der Waals surface area contributed by atoms with E-state index in [-0.39, 0.29) is 19.8 Å². The molecule has 2 aromatic rings. The number of hydrogen-bond donors (Lipinski definition) is 3. The molecule has 1 aliphatic heterocycles. The number of amides is 2. The van der Waals surface area contributed by atoms with Crippen LogP contribution in [-0.2, 0) is 16.0 Å². The van der Waals surface area contributed by atoms with Crippen molar-refractivity contribution in [3.63, 3.8) is 0 Å². The quantitative estimate of drug-likeness (QED) is 0.698. The predicted octanol–water partition coefficient (Wildman–Crippen LogP) is 1.06. The second-order valence-electron chi connectivity index (χ2n) is 5.96. The summed E-state index contributed by atoms with van der Waals surface area (Å²) in [6.45, 7) is 1.57. The van der Waals surface area contributed by atoms with E-state index in [0.717, 1.165) is 0 Å². The molecule has 2 heterocycles. The molecule has 132 valence electrons. The fraction of sp³-hybridized carbons (Fsp3) is 0.294. The zero-order chi connectivity index (χ0) is 17.9. The first-order valence-corrected chi connectivity index (χ1v) is 7.66. The fourth-order valence-corrected chi connectivity index (χ4v) is 2.36. The monoisotopic (exact) mass is 346 g/mol. The van der Waals surface area contributed by atoms with E-state index in [2.05, 4.69) is 10.6 Å². The number of fused-ring (bicyclic) bond motifs is 1. The lowest BCUT2D eigenvalue weighted by atomic mass is 10.0. The maximum absolute atomic E-state index is 12.0. The van der Waals surface area contributed by atoms with Crippen LogP contribution >= 0.6 is 0 Å². The van der Waals surface area contributed by atoms with Crippen LogP contribution in [0, 0.1) is 0 Å². The first kappa shape index (κ1) is 16.8. The van der Waals surface area contributed by atoms with Crippen molar-refractivity contribution in [1.82, 2.24) is 5.32 Å². The van der Waals surface area contributed by atoms with E-state index in [1.54, 1.807) is 37.3 Å². The topological polar surface area (TPSA) is 110 Å². The number of benzene rings is 1. The highest BCUT2D eigenvalue weighted by atomic mass is 16.7. The molecule has 1 atom stereocenters. The van der Waals surface area contributed by atoms with E-state index < -0.39 is 17.4 Å². The zero-order valence-electron chi connectivity index (χ0n) is 13.6. The Balaban J connectivity index is 1.51. The van der Waals surface area contributed by atoms with Gasteiger partial charge in [0.25, 0.3) is 0 Å². The molecular weight excluding hydrogens is 328 g/mol. The number of furan rings is 1. The van der Waals surface area contributed by atoms with Crippen molar-refractivity contribution in [3.8, 4) is 11.5 Å². The van der Waals surface area contributed by atoms with Crippen LogP contribution in [0.4, 0.5) is 5.69 Å². The molecule has 1 aromatic carbocycles. The number of aliphatic hydroxyl groups is 1. The molecule has 0 aliphatic carbocycles. The van der Waals surface area contributed by atoms with Crippen molar-refractivity contribution in [2.24, 2.45) is 0 Å². The van der Waals surface area contributed by atoms with Gasteiger partial charge in [0.05, 0.1) is 11.9 Å². The Labute approximate surface area is 143 Å². The van der Waals surface area contributed by atoms with Crippen LogP contribution in [0.2, 0.25) is 0 Å². The Morgan fingerprint density at radius 1 is 1.20 bits per heavy atom. The molecule has 0 saturated heterocycles. The molecular formula is C17H18N2O6. The summed E-state index contributed by atoms with van der Waals surface area (Å²) in [5.41, 5.74) is -0.834. The van der Waals surface area contributed by atoms with Gasteiger partial charge in [0, 0.05) is 24.7 Å². The largest absolute Gasteiger partial charge is 0.469 e. The Bertz CT molecular complexity index is 769. The van der Waals surface area contributed by atoms with Crippen molar-refractivity contribution >= 4 is 17.5 Å². The van der Waals surface area contributed by atoms with Crippen molar-refractivity contribution in [2.45, 2.75) is 18.9 Å². The van der Waals surface area contributed by atoms with E-state index in [9.17, 15) is 14.7 Å². The Hall–Kier alpha value is -3.00. The number of hydrogen-bond acceptors (Lipinski definition) is 6. The molecule has 2 amide bonds. The molecule has 0 saturated carbocycles. The minimum Gasteiger partial charge on any atom is -0.469 e. The number of ether oxygens (including phenoxy) is 2. The SMILES string of the molecule is C[C@](O)(CNC(=O)C(=O)Nc1ccc2c(c1)OCO2)Cc1ccco1. The van der Waals surface area contributed by atoms with Gasteiger partial charge in [-0.2, -0.15) is 0 Å². The maximum Gasteiger partial charge on any atom is 0.313 e. The fourth-order valence-electron chi connectivity index (χ4n) is 2.36. The van der Waals surface area contributed by atoms with Gasteiger partial charge in [0.1, 0.15) is 5.76 Å². The van der Waals surface area contributed by atoms with Gasteiger partial charge in [-0.15, -0.1) is 0 Å². The highest BCUT2D eigenvalue weighted by Crippen LogP contribution is 2.34. The predicted molar refractivity (Wildman–Crippen MR) is 87.2 cm³/mol. The number of carbonyl (C=O) groups excluding carboxylic acids is 2. The van der Waals surface area contributed by atoms with Gasteiger partial charge in [0.15, 0.2) is 11.5 Å². The Morgan fingerprint density at radius 2 is 2.00 bits per heavy atom. The molecule has 0 bridgehead atoms. The van der Waals surface area contributed by atoms with Crippen LogP contribution in [0.3, 0.4) is 0 Å². The van der Waals surface area contributed by atoms with Gasteiger partial charge in [0.2, 0.25) is 6.79 Å². The van der Waals surface area contributed by atoms with Crippen molar-refractivity contribution < 1.29 is 28.6 Å². The summed E-state index contributed by atoms with van der Waals surface area (Å²) < 4.78 is 15.5. The van der Waals surface area contributed by atoms with Gasteiger partial charge >= 0.3 is 11.8 Å². The minimum atomic E-state index is -1.24. The lowest BCUT2D eigenvalue weighted by molar-refractivity contribution is -0.136. The van der Waals surface area contributed by atoms with Crippen LogP contribution in [0.15, 0.2) is 41.0 Å². The molecule has 0 spiro atoms. The normalized spacial score (nSPS) is 14.6. The van der Waals surface area contributed by atoms with Crippen LogP contribution in [-0.4, -0.2) is 35.9 Å². The standard InChI is InChI=1S/C17H18N2O6/c1-17(22,8-12-3-2-6-23-12)9-18-15(20)16(21)19-11-4-5-13-14(7-11)25-10-24-13/h2-7,22H,8-10H2,1H3,(H,18,20)(H,19,21)/t17-/m1/s1. The molecule has 0 fully saturated rings. The summed E-state index contributed by atoms with van der Waals surface area (Å²) >= 11 is 0. The molecule has 0 radical (unpaired) electrons. The molecule has 1 aromatic heterocycles. The van der Waals surface area contributed by atoms with Gasteiger partial charge in [-0.1, -0.05) is 0 Å². The van der Waals surface area contributed by atoms with Gasteiger partial charge in [-0.3, -0.25) is 9.59 Å². The second-order valence-corrected chi connectivity index (χ2v) is 5.96. The van der Waals surface area contributed by atoms with E-state index in [0.29, 0.717) is 22.9 Å². The van der Waals surface area contributed by atoms with Crippen LogP contribution in [0.25, 0.3) is 0 Å². The average molecular weight is 346 g/mol. The van der Waals surface area contributed by atoms with Crippen LogP contribution < -0.4 is 20.1 Å². The lowest BCUT2D eigenvalue weighted by Gasteiger charge is -2.22. The Kier molecular flexibility index (Phi) is 4.62. The zero-order valence-corrected chi connectivity index (χ0v) is 13.6. The smallest absolute Gasteiger partial charge is 0.313 e. The molecule has 1 aliphatic rings. The van der Waals surface area contributed by atoms with E-state index in [1.807, 2.05) is 0 Å². The van der Waals surface area contributed by atoms with Gasteiger partial charge in [-0.05, 0) is 31.2 Å². The lowest BCUT2D eigenvalue weighted by Crippen LogP contribution is -2.45. The molecule has 3 N–H and O–H groups in total. The highest BCUT2D eigenvalue weighted by molar-refractivity contribution is 6.39. The average Bonchev–Trinajstić information content (AvgIpc) is 3.23. The Morgan fingerprint density at radius 3 is 2.76 bits per heavy atom. The summed E-state index contributed by atoms with van der Waals surface area (Å²) in [6.07, 6.45) is 1.72. The first-order valence-electron chi connectivity index (χ1n) is 7.66. The van der Waals surface area contributed by atoms with E-state index >= 15 is 0 Å². The molecule has 0 unspecified atom stereocenters. The first-order chi connectivity index (χ1) is 11.9. The van der Waals surface area contributed by atoms with E-state index in [1.165, 1.54) is 6.26 Å². The second kappa shape index (κ2) is 6.86. The third kappa shape index (κ3) is 4.30. The molecule has 8 nitrogen and oxygen atoms in total. The van der Waals surface area contributed by atoms with Gasteiger partial charge < -0.3 is 29.6 Å². The minimum absolute atomic E-state index is 0.0961. The van der Waals surface area contributed by atoms with Crippen LogP contribution in [0.5, 0.6) is 11.5 Å².